The van der Waals surface area contributed by atoms with Crippen molar-refractivity contribution in [3.63, 3.8) is 0 Å². The van der Waals surface area contributed by atoms with Gasteiger partial charge in [-0.1, -0.05) is 28.1 Å². The molecule has 4 nitrogen and oxygen atoms in total. The maximum atomic E-state index is 11.0. The fourth-order valence-corrected chi connectivity index (χ4v) is 1.94. The summed E-state index contributed by atoms with van der Waals surface area (Å²) in [6.07, 6.45) is 0. The summed E-state index contributed by atoms with van der Waals surface area (Å²) in [6, 6.07) is 11.0. The quantitative estimate of drug-likeness (QED) is 0.905. The maximum Gasteiger partial charge on any atom is 0.335 e. The number of anilines is 1. The number of benzene rings is 1. The molecule has 1 aromatic heterocycles. The third-order valence-electron chi connectivity index (χ3n) is 2.59. The van der Waals surface area contributed by atoms with Crippen LogP contribution in [0.15, 0.2) is 40.9 Å². The summed E-state index contributed by atoms with van der Waals surface area (Å²) in [7, 11) is 0. The molecule has 0 amide bonds. The Balaban J connectivity index is 2.11. The first-order valence-electron chi connectivity index (χ1n) is 5.75. The van der Waals surface area contributed by atoms with E-state index in [1.807, 2.05) is 24.3 Å². The van der Waals surface area contributed by atoms with E-state index in [-0.39, 0.29) is 5.56 Å². The second-order valence-electron chi connectivity index (χ2n) is 4.17. The SMILES string of the molecule is Cc1cc(C(=O)O)cc(NCc2ccc(Br)cc2)n1. The fraction of sp³-hybridized carbons (Fsp3) is 0.143. The molecule has 0 bridgehead atoms. The Morgan fingerprint density at radius 1 is 1.32 bits per heavy atom. The highest BCUT2D eigenvalue weighted by molar-refractivity contribution is 9.10. The lowest BCUT2D eigenvalue weighted by molar-refractivity contribution is 0.0696. The van der Waals surface area contributed by atoms with Crippen molar-refractivity contribution in [2.75, 3.05) is 5.32 Å². The van der Waals surface area contributed by atoms with Crippen molar-refractivity contribution in [1.29, 1.82) is 0 Å². The highest BCUT2D eigenvalue weighted by Crippen LogP contribution is 2.14. The van der Waals surface area contributed by atoms with Gasteiger partial charge in [0, 0.05) is 16.7 Å². The van der Waals surface area contributed by atoms with Gasteiger partial charge in [-0.3, -0.25) is 0 Å². The van der Waals surface area contributed by atoms with Crippen LogP contribution in [-0.2, 0) is 6.54 Å². The van der Waals surface area contributed by atoms with Crippen LogP contribution >= 0.6 is 15.9 Å². The number of rotatable bonds is 4. The summed E-state index contributed by atoms with van der Waals surface area (Å²) in [5.74, 6) is -0.377. The number of hydrogen-bond donors (Lipinski definition) is 2. The van der Waals surface area contributed by atoms with Crippen LogP contribution in [0.4, 0.5) is 5.82 Å². The number of carboxylic acids is 1. The molecular weight excluding hydrogens is 308 g/mol. The summed E-state index contributed by atoms with van der Waals surface area (Å²) in [6.45, 7) is 2.38. The van der Waals surface area contributed by atoms with Crippen molar-refractivity contribution < 1.29 is 9.90 Å². The molecule has 0 aliphatic carbocycles. The fourth-order valence-electron chi connectivity index (χ4n) is 1.68. The number of pyridine rings is 1. The molecule has 0 radical (unpaired) electrons. The molecule has 0 atom stereocenters. The van der Waals surface area contributed by atoms with Crippen LogP contribution in [0.2, 0.25) is 0 Å². The second-order valence-corrected chi connectivity index (χ2v) is 5.08. The van der Waals surface area contributed by atoms with Crippen LogP contribution in [0, 0.1) is 6.92 Å². The third-order valence-corrected chi connectivity index (χ3v) is 3.12. The van der Waals surface area contributed by atoms with Crippen LogP contribution < -0.4 is 5.32 Å². The first-order valence-corrected chi connectivity index (χ1v) is 6.54. The van der Waals surface area contributed by atoms with Crippen molar-refractivity contribution in [2.45, 2.75) is 13.5 Å². The van der Waals surface area contributed by atoms with Crippen molar-refractivity contribution in [2.24, 2.45) is 0 Å². The monoisotopic (exact) mass is 320 g/mol. The highest BCUT2D eigenvalue weighted by Gasteiger charge is 2.06. The number of carboxylic acid groups (broad SMARTS) is 1. The Kier molecular flexibility index (Phi) is 4.16. The van der Waals surface area contributed by atoms with E-state index in [4.69, 9.17) is 5.11 Å². The standard InChI is InChI=1S/C14H13BrN2O2/c1-9-6-11(14(18)19)7-13(17-9)16-8-10-2-4-12(15)5-3-10/h2-7H,8H2,1H3,(H,16,17)(H,18,19). The zero-order chi connectivity index (χ0) is 13.8. The number of hydrogen-bond acceptors (Lipinski definition) is 3. The topological polar surface area (TPSA) is 62.2 Å². The second kappa shape index (κ2) is 5.84. The van der Waals surface area contributed by atoms with Crippen molar-refractivity contribution >= 4 is 27.7 Å². The molecular formula is C14H13BrN2O2. The Labute approximate surface area is 119 Å². The molecule has 2 N–H and O–H groups in total. The van der Waals surface area contributed by atoms with Crippen LogP contribution in [0.3, 0.4) is 0 Å². The molecule has 0 aliphatic heterocycles. The number of aryl methyl sites for hydroxylation is 1. The summed E-state index contributed by atoms with van der Waals surface area (Å²) in [5, 5.41) is 12.1. The molecule has 1 aromatic carbocycles. The van der Waals surface area contributed by atoms with Gasteiger partial charge in [0.1, 0.15) is 5.82 Å². The predicted octanol–water partition coefficient (Wildman–Crippen LogP) is 3.46. The molecule has 2 rings (SSSR count). The summed E-state index contributed by atoms with van der Waals surface area (Å²) < 4.78 is 1.03. The van der Waals surface area contributed by atoms with Gasteiger partial charge in [0.25, 0.3) is 0 Å². The zero-order valence-electron chi connectivity index (χ0n) is 10.4. The predicted molar refractivity (Wildman–Crippen MR) is 77.4 cm³/mol. The molecule has 0 saturated heterocycles. The van der Waals surface area contributed by atoms with E-state index in [1.165, 1.54) is 6.07 Å². The lowest BCUT2D eigenvalue weighted by Gasteiger charge is -2.08. The molecule has 0 aliphatic rings. The first-order chi connectivity index (χ1) is 9.04. The number of halogens is 1. The average molecular weight is 321 g/mol. The normalized spacial score (nSPS) is 10.2. The zero-order valence-corrected chi connectivity index (χ0v) is 11.9. The summed E-state index contributed by atoms with van der Waals surface area (Å²) in [5.41, 5.74) is 2.02. The molecule has 2 aromatic rings. The smallest absolute Gasteiger partial charge is 0.335 e. The number of nitrogens with zero attached hydrogens (tertiary/aromatic N) is 1. The molecule has 0 spiro atoms. The van der Waals surface area contributed by atoms with Crippen LogP contribution in [0.5, 0.6) is 0 Å². The number of aromatic nitrogens is 1. The number of aromatic carboxylic acids is 1. The van der Waals surface area contributed by atoms with E-state index in [2.05, 4.69) is 26.2 Å². The minimum absolute atomic E-state index is 0.241. The Morgan fingerprint density at radius 3 is 2.63 bits per heavy atom. The first kappa shape index (κ1) is 13.5. The highest BCUT2D eigenvalue weighted by atomic mass is 79.9. The van der Waals surface area contributed by atoms with Gasteiger partial charge < -0.3 is 10.4 Å². The summed E-state index contributed by atoms with van der Waals surface area (Å²) in [4.78, 5) is 15.2. The van der Waals surface area contributed by atoms with E-state index < -0.39 is 5.97 Å². The molecule has 98 valence electrons. The van der Waals surface area contributed by atoms with Gasteiger partial charge in [-0.05, 0) is 36.8 Å². The Hall–Kier alpha value is -1.88. The molecule has 0 unspecified atom stereocenters. The average Bonchev–Trinajstić information content (AvgIpc) is 2.37. The van der Waals surface area contributed by atoms with Crippen LogP contribution in [0.1, 0.15) is 21.6 Å². The van der Waals surface area contributed by atoms with E-state index in [0.717, 1.165) is 10.0 Å². The number of carbonyl (C=O) groups is 1. The van der Waals surface area contributed by atoms with Gasteiger partial charge >= 0.3 is 5.97 Å². The lowest BCUT2D eigenvalue weighted by atomic mass is 10.2. The maximum absolute atomic E-state index is 11.0. The van der Waals surface area contributed by atoms with E-state index in [1.54, 1.807) is 13.0 Å². The molecule has 0 fully saturated rings. The van der Waals surface area contributed by atoms with Crippen LogP contribution in [-0.4, -0.2) is 16.1 Å². The van der Waals surface area contributed by atoms with Gasteiger partial charge in [-0.15, -0.1) is 0 Å². The minimum atomic E-state index is -0.947. The van der Waals surface area contributed by atoms with Gasteiger partial charge in [0.15, 0.2) is 0 Å². The lowest BCUT2D eigenvalue weighted by Crippen LogP contribution is -2.05. The Bertz CT molecular complexity index is 597. The largest absolute Gasteiger partial charge is 0.478 e. The molecule has 5 heteroatoms. The van der Waals surface area contributed by atoms with Gasteiger partial charge in [0.05, 0.1) is 5.56 Å². The van der Waals surface area contributed by atoms with Crippen molar-refractivity contribution in [1.82, 2.24) is 4.98 Å². The molecule has 0 saturated carbocycles. The Morgan fingerprint density at radius 2 is 2.00 bits per heavy atom. The van der Waals surface area contributed by atoms with Gasteiger partial charge in [0.2, 0.25) is 0 Å². The number of nitrogens with one attached hydrogen (secondary N) is 1. The molecule has 19 heavy (non-hydrogen) atoms. The van der Waals surface area contributed by atoms with Crippen molar-refractivity contribution in [3.05, 3.63) is 57.7 Å². The van der Waals surface area contributed by atoms with Crippen LogP contribution in [0.25, 0.3) is 0 Å². The van der Waals surface area contributed by atoms with Gasteiger partial charge in [-0.25, -0.2) is 9.78 Å². The third kappa shape index (κ3) is 3.79. The van der Waals surface area contributed by atoms with E-state index in [0.29, 0.717) is 18.1 Å². The molecule has 1 heterocycles. The van der Waals surface area contributed by atoms with E-state index >= 15 is 0 Å². The van der Waals surface area contributed by atoms with E-state index in [9.17, 15) is 4.79 Å². The minimum Gasteiger partial charge on any atom is -0.478 e. The summed E-state index contributed by atoms with van der Waals surface area (Å²) >= 11 is 3.38. The van der Waals surface area contributed by atoms with Gasteiger partial charge in [-0.2, -0.15) is 0 Å². The van der Waals surface area contributed by atoms with Crippen molar-refractivity contribution in [3.8, 4) is 0 Å².